The molecule has 0 saturated heterocycles. The van der Waals surface area contributed by atoms with Gasteiger partial charge in [-0.05, 0) is 104 Å². The van der Waals surface area contributed by atoms with E-state index >= 15 is 0 Å². The van der Waals surface area contributed by atoms with Crippen molar-refractivity contribution >= 4 is 38.9 Å². The molecule has 1 heterocycles. The molecule has 252 valence electrons. The molecule has 0 aliphatic heterocycles. The van der Waals surface area contributed by atoms with E-state index in [-0.39, 0.29) is 5.41 Å². The Morgan fingerprint density at radius 2 is 1.02 bits per heavy atom. The summed E-state index contributed by atoms with van der Waals surface area (Å²) in [6.45, 7) is 4.68. The van der Waals surface area contributed by atoms with Crippen molar-refractivity contribution in [3.63, 3.8) is 0 Å². The van der Waals surface area contributed by atoms with Gasteiger partial charge in [0.1, 0.15) is 5.52 Å². The van der Waals surface area contributed by atoms with Gasteiger partial charge in [0.2, 0.25) is 5.89 Å². The van der Waals surface area contributed by atoms with Gasteiger partial charge < -0.3 is 9.32 Å². The van der Waals surface area contributed by atoms with Gasteiger partial charge >= 0.3 is 0 Å². The first kappa shape index (κ1) is 31.1. The average molecular weight is 681 g/mol. The first-order valence-corrected chi connectivity index (χ1v) is 18.2. The summed E-state index contributed by atoms with van der Waals surface area (Å²) in [4.78, 5) is 7.18. The lowest BCUT2D eigenvalue weighted by Crippen LogP contribution is -2.14. The third-order valence-electron chi connectivity index (χ3n) is 10.9. The highest BCUT2D eigenvalue weighted by Crippen LogP contribution is 2.52. The molecule has 0 spiro atoms. The van der Waals surface area contributed by atoms with E-state index in [2.05, 4.69) is 164 Å². The molecule has 9 aromatic rings. The predicted molar refractivity (Wildman–Crippen MR) is 220 cm³/mol. The first-order valence-electron chi connectivity index (χ1n) is 18.2. The summed E-state index contributed by atoms with van der Waals surface area (Å²) in [5.74, 6) is 0.632. The molecule has 0 fully saturated rings. The van der Waals surface area contributed by atoms with E-state index in [0.29, 0.717) is 5.89 Å². The minimum atomic E-state index is -0.0316. The zero-order valence-electron chi connectivity index (χ0n) is 29.6. The number of nitrogens with zero attached hydrogens (tertiary/aromatic N) is 2. The number of oxazole rings is 1. The van der Waals surface area contributed by atoms with Crippen LogP contribution in [0, 0.1) is 0 Å². The van der Waals surface area contributed by atoms with E-state index in [1.54, 1.807) is 0 Å². The molecule has 3 nitrogen and oxygen atoms in total. The lowest BCUT2D eigenvalue weighted by Gasteiger charge is -2.26. The SMILES string of the molecule is CC1(C)c2ccccc2-c2c(-c3ccc(N(c4ccccc4)c4ccc(-c5cccc6ccc7nc(-c8ccccc8)oc7c56)cc4)cc3)cccc21. The molecule has 0 saturated carbocycles. The highest BCUT2D eigenvalue weighted by Gasteiger charge is 2.36. The van der Waals surface area contributed by atoms with Crippen LogP contribution in [0.3, 0.4) is 0 Å². The number of hydrogen-bond acceptors (Lipinski definition) is 3. The minimum absolute atomic E-state index is 0.0316. The first-order chi connectivity index (χ1) is 26.0. The molecule has 0 radical (unpaired) electrons. The summed E-state index contributed by atoms with van der Waals surface area (Å²) in [6, 6.07) is 64.8. The normalized spacial score (nSPS) is 12.9. The van der Waals surface area contributed by atoms with Gasteiger partial charge in [0.25, 0.3) is 0 Å². The second-order valence-corrected chi connectivity index (χ2v) is 14.4. The quantitative estimate of drug-likeness (QED) is 0.175. The van der Waals surface area contributed by atoms with Crippen molar-refractivity contribution in [2.75, 3.05) is 4.90 Å². The van der Waals surface area contributed by atoms with Gasteiger partial charge in [0, 0.05) is 33.4 Å². The van der Waals surface area contributed by atoms with Gasteiger partial charge in [-0.3, -0.25) is 0 Å². The number of benzene rings is 8. The number of hydrogen-bond donors (Lipinski definition) is 0. The Labute approximate surface area is 309 Å². The van der Waals surface area contributed by atoms with Crippen LogP contribution in [0.25, 0.3) is 66.7 Å². The minimum Gasteiger partial charge on any atom is -0.435 e. The third kappa shape index (κ3) is 5.08. The maximum Gasteiger partial charge on any atom is 0.227 e. The van der Waals surface area contributed by atoms with Gasteiger partial charge in [-0.25, -0.2) is 4.98 Å². The van der Waals surface area contributed by atoms with Crippen LogP contribution >= 0.6 is 0 Å². The fourth-order valence-electron chi connectivity index (χ4n) is 8.30. The number of fused-ring (bicyclic) bond motifs is 6. The van der Waals surface area contributed by atoms with Crippen molar-refractivity contribution in [3.8, 4) is 44.8 Å². The van der Waals surface area contributed by atoms with Crippen molar-refractivity contribution in [1.29, 1.82) is 0 Å². The molecule has 8 aromatic carbocycles. The molecular formula is C50H36N2O. The lowest BCUT2D eigenvalue weighted by atomic mass is 9.82. The Bertz CT molecular complexity index is 2780. The second-order valence-electron chi connectivity index (χ2n) is 14.4. The van der Waals surface area contributed by atoms with Gasteiger partial charge in [0.05, 0.1) is 0 Å². The maximum absolute atomic E-state index is 6.48. The van der Waals surface area contributed by atoms with Crippen molar-refractivity contribution < 1.29 is 4.42 Å². The van der Waals surface area contributed by atoms with E-state index in [4.69, 9.17) is 9.40 Å². The monoisotopic (exact) mass is 680 g/mol. The Balaban J connectivity index is 1.04. The number of para-hydroxylation sites is 1. The molecule has 1 aliphatic carbocycles. The average Bonchev–Trinajstić information content (AvgIpc) is 3.76. The fraction of sp³-hybridized carbons (Fsp3) is 0.0600. The van der Waals surface area contributed by atoms with E-state index < -0.39 is 0 Å². The topological polar surface area (TPSA) is 29.3 Å². The molecule has 0 unspecified atom stereocenters. The Morgan fingerprint density at radius 3 is 1.75 bits per heavy atom. The number of aromatic nitrogens is 1. The maximum atomic E-state index is 6.48. The van der Waals surface area contributed by atoms with E-state index in [1.165, 1.54) is 33.4 Å². The molecule has 10 rings (SSSR count). The van der Waals surface area contributed by atoms with Gasteiger partial charge in [-0.2, -0.15) is 0 Å². The van der Waals surface area contributed by atoms with E-state index in [0.717, 1.165) is 55.6 Å². The Kier molecular flexibility index (Phi) is 7.16. The second kappa shape index (κ2) is 12.2. The molecule has 1 aliphatic rings. The Morgan fingerprint density at radius 1 is 0.453 bits per heavy atom. The van der Waals surface area contributed by atoms with Crippen LogP contribution in [0.15, 0.2) is 186 Å². The van der Waals surface area contributed by atoms with Gasteiger partial charge in [0.15, 0.2) is 5.58 Å². The largest absolute Gasteiger partial charge is 0.435 e. The predicted octanol–water partition coefficient (Wildman–Crippen LogP) is 13.8. The standard InChI is InChI=1S/C50H36N2O/c1-50(2)43-21-10-9-18-42(43)47-41(20-12-22-44(47)50)34-25-30-39(31-26-34)52(37-16-7-4-8-17-37)38-28-23-33(24-29-38)40-19-11-15-35-27-32-45-48(46(35)40)53-49(51-45)36-13-5-3-6-14-36/h3-32H,1-2H3. The number of anilines is 3. The molecular weight excluding hydrogens is 645 g/mol. The molecule has 3 heteroatoms. The fourth-order valence-corrected chi connectivity index (χ4v) is 8.30. The molecule has 0 atom stereocenters. The van der Waals surface area contributed by atoms with Gasteiger partial charge in [-0.15, -0.1) is 0 Å². The van der Waals surface area contributed by atoms with E-state index in [9.17, 15) is 0 Å². The molecule has 1 aromatic heterocycles. The van der Waals surface area contributed by atoms with Crippen LogP contribution in [0.2, 0.25) is 0 Å². The molecule has 53 heavy (non-hydrogen) atoms. The summed E-state index contributed by atoms with van der Waals surface area (Å²) in [5, 5.41) is 2.19. The third-order valence-corrected chi connectivity index (χ3v) is 10.9. The summed E-state index contributed by atoms with van der Waals surface area (Å²) < 4.78 is 6.48. The van der Waals surface area contributed by atoms with Crippen molar-refractivity contribution in [2.24, 2.45) is 0 Å². The summed E-state index contributed by atoms with van der Waals surface area (Å²) >= 11 is 0. The molecule has 0 amide bonds. The zero-order valence-corrected chi connectivity index (χ0v) is 29.6. The van der Waals surface area contributed by atoms with Crippen LogP contribution < -0.4 is 4.90 Å². The Hall–Kier alpha value is -6.71. The highest BCUT2D eigenvalue weighted by atomic mass is 16.3. The summed E-state index contributed by atoms with van der Waals surface area (Å²) in [6.07, 6.45) is 0. The lowest BCUT2D eigenvalue weighted by molar-refractivity contribution is 0.623. The van der Waals surface area contributed by atoms with Crippen LogP contribution in [0.4, 0.5) is 17.1 Å². The van der Waals surface area contributed by atoms with Crippen molar-refractivity contribution in [2.45, 2.75) is 19.3 Å². The molecule has 0 bridgehead atoms. The highest BCUT2D eigenvalue weighted by molar-refractivity contribution is 6.11. The van der Waals surface area contributed by atoms with Crippen LogP contribution in [-0.4, -0.2) is 4.98 Å². The van der Waals surface area contributed by atoms with Crippen LogP contribution in [-0.2, 0) is 5.41 Å². The number of rotatable bonds is 6. The zero-order chi connectivity index (χ0) is 35.5. The van der Waals surface area contributed by atoms with E-state index in [1.807, 2.05) is 36.4 Å². The smallest absolute Gasteiger partial charge is 0.227 e. The molecule has 0 N–H and O–H groups in total. The summed E-state index contributed by atoms with van der Waals surface area (Å²) in [5.41, 5.74) is 16.1. The van der Waals surface area contributed by atoms with Crippen molar-refractivity contribution in [1.82, 2.24) is 4.98 Å². The van der Waals surface area contributed by atoms with Gasteiger partial charge in [-0.1, -0.05) is 141 Å². The van der Waals surface area contributed by atoms with Crippen LogP contribution in [0.5, 0.6) is 0 Å². The van der Waals surface area contributed by atoms with Crippen molar-refractivity contribution in [3.05, 3.63) is 193 Å². The summed E-state index contributed by atoms with van der Waals surface area (Å²) in [7, 11) is 0. The van der Waals surface area contributed by atoms with Crippen LogP contribution in [0.1, 0.15) is 25.0 Å².